The van der Waals surface area contributed by atoms with E-state index in [1.807, 2.05) is 0 Å². The summed E-state index contributed by atoms with van der Waals surface area (Å²) in [6.07, 6.45) is 4.02. The van der Waals surface area contributed by atoms with Crippen LogP contribution in [0.4, 0.5) is 0 Å². The molecule has 3 aromatic rings. The van der Waals surface area contributed by atoms with Gasteiger partial charge in [0.2, 0.25) is 16.9 Å². The lowest BCUT2D eigenvalue weighted by Crippen LogP contribution is -2.00. The first kappa shape index (κ1) is 14.4. The van der Waals surface area contributed by atoms with Crippen LogP contribution in [0, 0.1) is 6.92 Å². The minimum atomic E-state index is 0.470. The third kappa shape index (κ3) is 3.61. The fourth-order valence-corrected chi connectivity index (χ4v) is 2.99. The van der Waals surface area contributed by atoms with E-state index in [4.69, 9.17) is 4.42 Å². The van der Waals surface area contributed by atoms with Crippen molar-refractivity contribution in [2.24, 2.45) is 0 Å². The Labute approximate surface area is 138 Å². The van der Waals surface area contributed by atoms with E-state index in [2.05, 4.69) is 51.5 Å². The molecule has 0 radical (unpaired) electrons. The third-order valence-electron chi connectivity index (χ3n) is 3.71. The summed E-state index contributed by atoms with van der Waals surface area (Å²) in [6, 6.07) is 8.51. The average molecular weight is 327 g/mol. The Balaban J connectivity index is 1.35. The van der Waals surface area contributed by atoms with Crippen molar-refractivity contribution < 1.29 is 4.42 Å². The molecule has 1 saturated carbocycles. The molecule has 118 valence electrons. The number of benzene rings is 1. The summed E-state index contributed by atoms with van der Waals surface area (Å²) in [5, 5.41) is 13.4. The fourth-order valence-electron chi connectivity index (χ4n) is 2.22. The molecule has 1 aromatic carbocycles. The van der Waals surface area contributed by atoms with Crippen molar-refractivity contribution in [1.29, 1.82) is 0 Å². The van der Waals surface area contributed by atoms with Crippen LogP contribution in [-0.4, -0.2) is 25.0 Å². The van der Waals surface area contributed by atoms with E-state index in [0.717, 1.165) is 29.6 Å². The van der Waals surface area contributed by atoms with Gasteiger partial charge in [0.15, 0.2) is 0 Å². The lowest BCUT2D eigenvalue weighted by Gasteiger charge is -1.99. The van der Waals surface area contributed by atoms with E-state index in [9.17, 15) is 0 Å². The van der Waals surface area contributed by atoms with Crippen molar-refractivity contribution >= 4 is 11.8 Å². The summed E-state index contributed by atoms with van der Waals surface area (Å²) in [5.41, 5.74) is 2.54. The second kappa shape index (κ2) is 6.16. The molecule has 1 aliphatic rings. The van der Waals surface area contributed by atoms with Gasteiger partial charge in [-0.2, -0.15) is 0 Å². The van der Waals surface area contributed by atoms with Crippen LogP contribution in [0.2, 0.25) is 0 Å². The molecule has 4 rings (SSSR count). The topological polar surface area (TPSA) is 69.6 Å². The van der Waals surface area contributed by atoms with Gasteiger partial charge in [0.1, 0.15) is 12.9 Å². The van der Waals surface area contributed by atoms with Crippen molar-refractivity contribution in [2.45, 2.75) is 43.1 Å². The zero-order valence-electron chi connectivity index (χ0n) is 12.8. The normalized spacial score (nSPS) is 14.3. The molecule has 0 bridgehead atoms. The highest BCUT2D eigenvalue weighted by Gasteiger charge is 2.29. The van der Waals surface area contributed by atoms with Gasteiger partial charge >= 0.3 is 0 Å². The molecule has 2 heterocycles. The largest absolute Gasteiger partial charge is 0.423 e. The lowest BCUT2D eigenvalue weighted by atomic mass is 10.2. The molecule has 0 spiro atoms. The Morgan fingerprint density at radius 3 is 2.83 bits per heavy atom. The first-order chi connectivity index (χ1) is 11.3. The zero-order chi connectivity index (χ0) is 15.6. The second-order valence-electron chi connectivity index (χ2n) is 5.81. The second-order valence-corrected chi connectivity index (χ2v) is 6.75. The van der Waals surface area contributed by atoms with Crippen LogP contribution >= 0.6 is 11.8 Å². The van der Waals surface area contributed by atoms with Crippen LogP contribution in [0.3, 0.4) is 0 Å². The minimum absolute atomic E-state index is 0.470. The highest BCUT2D eigenvalue weighted by atomic mass is 32.2. The molecular weight excluding hydrogens is 310 g/mol. The van der Waals surface area contributed by atoms with Crippen LogP contribution < -0.4 is 0 Å². The summed E-state index contributed by atoms with van der Waals surface area (Å²) < 4.78 is 7.38. The molecular formula is C16H17N5OS. The minimum Gasteiger partial charge on any atom is -0.423 e. The number of aryl methyl sites for hydroxylation is 1. The number of nitrogens with zero attached hydrogens (tertiary/aromatic N) is 5. The van der Waals surface area contributed by atoms with Gasteiger partial charge in [-0.15, -0.1) is 15.3 Å². The third-order valence-corrected chi connectivity index (χ3v) is 4.63. The molecule has 0 saturated heterocycles. The Kier molecular flexibility index (Phi) is 3.87. The van der Waals surface area contributed by atoms with Crippen LogP contribution in [0.1, 0.15) is 41.7 Å². The molecule has 6 nitrogen and oxygen atoms in total. The number of rotatable bonds is 6. The molecule has 0 amide bonds. The number of thioether (sulfide) groups is 1. The van der Waals surface area contributed by atoms with E-state index in [1.165, 1.54) is 11.1 Å². The molecule has 0 atom stereocenters. The molecule has 1 fully saturated rings. The highest BCUT2D eigenvalue weighted by Crippen LogP contribution is 2.39. The van der Waals surface area contributed by atoms with Crippen LogP contribution in [0.25, 0.3) is 0 Å². The van der Waals surface area contributed by atoms with Gasteiger partial charge in [0, 0.05) is 11.7 Å². The molecule has 0 aliphatic heterocycles. The summed E-state index contributed by atoms with van der Waals surface area (Å²) in [6.45, 7) is 2.56. The average Bonchev–Trinajstić information content (AvgIpc) is 3.14. The number of hydrogen-bond acceptors (Lipinski definition) is 6. The lowest BCUT2D eigenvalue weighted by molar-refractivity contribution is 0.429. The molecule has 2 aromatic heterocycles. The predicted molar refractivity (Wildman–Crippen MR) is 86.1 cm³/mol. The van der Waals surface area contributed by atoms with Crippen LogP contribution in [-0.2, 0) is 12.3 Å². The maximum atomic E-state index is 5.64. The Morgan fingerprint density at radius 2 is 2.04 bits per heavy atom. The summed E-state index contributed by atoms with van der Waals surface area (Å²) in [4.78, 5) is 4.32. The predicted octanol–water partition coefficient (Wildman–Crippen LogP) is 3.19. The first-order valence-electron chi connectivity index (χ1n) is 7.66. The van der Waals surface area contributed by atoms with Crippen molar-refractivity contribution in [3.63, 3.8) is 0 Å². The van der Waals surface area contributed by atoms with Gasteiger partial charge in [0.05, 0.1) is 0 Å². The molecule has 0 unspecified atom stereocenters. The van der Waals surface area contributed by atoms with Crippen molar-refractivity contribution in [2.75, 3.05) is 0 Å². The first-order valence-corrected chi connectivity index (χ1v) is 8.65. The van der Waals surface area contributed by atoms with E-state index in [1.54, 1.807) is 22.8 Å². The fraction of sp³-hybridized carbons (Fsp3) is 0.375. The summed E-state index contributed by atoms with van der Waals surface area (Å²) in [5.74, 6) is 2.69. The monoisotopic (exact) mass is 327 g/mol. The summed E-state index contributed by atoms with van der Waals surface area (Å²) >= 11 is 1.62. The Bertz CT molecular complexity index is 791. The van der Waals surface area contributed by atoms with E-state index in [0.29, 0.717) is 18.4 Å². The quantitative estimate of drug-likeness (QED) is 0.648. The molecule has 0 N–H and O–H groups in total. The van der Waals surface area contributed by atoms with Gasteiger partial charge in [-0.25, -0.2) is 9.67 Å². The van der Waals surface area contributed by atoms with Crippen LogP contribution in [0.5, 0.6) is 0 Å². The molecule has 7 heteroatoms. The Morgan fingerprint density at radius 1 is 1.22 bits per heavy atom. The number of hydrogen-bond donors (Lipinski definition) is 0. The highest BCUT2D eigenvalue weighted by molar-refractivity contribution is 7.98. The van der Waals surface area contributed by atoms with Gasteiger partial charge in [-0.05, 0) is 25.3 Å². The van der Waals surface area contributed by atoms with Crippen LogP contribution in [0.15, 0.2) is 40.2 Å². The van der Waals surface area contributed by atoms with E-state index < -0.39 is 0 Å². The van der Waals surface area contributed by atoms with E-state index in [-0.39, 0.29) is 0 Å². The van der Waals surface area contributed by atoms with E-state index >= 15 is 0 Å². The zero-order valence-corrected chi connectivity index (χ0v) is 13.7. The van der Waals surface area contributed by atoms with Crippen molar-refractivity contribution in [3.8, 4) is 0 Å². The van der Waals surface area contributed by atoms with Crippen molar-refractivity contribution in [3.05, 3.63) is 53.5 Å². The van der Waals surface area contributed by atoms with Gasteiger partial charge in [-0.3, -0.25) is 0 Å². The van der Waals surface area contributed by atoms with Crippen molar-refractivity contribution in [1.82, 2.24) is 25.0 Å². The van der Waals surface area contributed by atoms with Gasteiger partial charge in [0.25, 0.3) is 0 Å². The van der Waals surface area contributed by atoms with Gasteiger partial charge in [-0.1, -0.05) is 41.6 Å². The summed E-state index contributed by atoms with van der Waals surface area (Å²) in [7, 11) is 0. The maximum Gasteiger partial charge on any atom is 0.238 e. The molecule has 23 heavy (non-hydrogen) atoms. The molecule has 1 aliphatic carbocycles. The Hall–Kier alpha value is -2.15. The standard InChI is InChI=1S/C16H17N5OS/c1-11-2-4-12(5-3-11)9-23-16-17-10-21(20-16)8-14-18-19-15(22-14)13-6-7-13/h2-5,10,13H,6-9H2,1H3. The SMILES string of the molecule is Cc1ccc(CSc2ncn(Cc3nnc(C4CC4)o3)n2)cc1. The number of aromatic nitrogens is 5. The van der Waals surface area contributed by atoms with Gasteiger partial charge < -0.3 is 4.42 Å². The maximum absolute atomic E-state index is 5.64. The smallest absolute Gasteiger partial charge is 0.238 e.